The minimum absolute atomic E-state index is 0.299. The second kappa shape index (κ2) is 4.76. The predicted molar refractivity (Wildman–Crippen MR) is 69.3 cm³/mol. The molecule has 0 bridgehead atoms. The Bertz CT molecular complexity index is 661. The Kier molecular flexibility index (Phi) is 3.23. The van der Waals surface area contributed by atoms with Crippen LogP contribution in [0.5, 0.6) is 0 Å². The van der Waals surface area contributed by atoms with E-state index in [1.165, 1.54) is 24.3 Å². The maximum absolute atomic E-state index is 13.2. The quantitative estimate of drug-likeness (QED) is 0.564. The first-order chi connectivity index (χ1) is 10.2. The molecule has 0 unspecified atom stereocenters. The van der Waals surface area contributed by atoms with E-state index >= 15 is 0 Å². The van der Waals surface area contributed by atoms with Crippen molar-refractivity contribution in [3.63, 3.8) is 0 Å². The third-order valence-electron chi connectivity index (χ3n) is 3.83. The average molecular weight is 316 g/mol. The molecule has 0 nitrogen and oxygen atoms in total. The summed E-state index contributed by atoms with van der Waals surface area (Å²) in [5.74, 6) is 0. The van der Waals surface area contributed by atoms with Gasteiger partial charge in [-0.05, 0) is 47.2 Å². The Hall–Kier alpha value is -1.98. The molecule has 0 spiro atoms. The molecule has 116 valence electrons. The lowest BCUT2D eigenvalue weighted by molar-refractivity contribution is -0.139. The van der Waals surface area contributed by atoms with Gasteiger partial charge in [-0.3, -0.25) is 0 Å². The van der Waals surface area contributed by atoms with Gasteiger partial charge in [0.1, 0.15) is 0 Å². The lowest BCUT2D eigenvalue weighted by atomic mass is 9.80. The SMILES string of the molecule is FC(F)(F)c1cccc2c1-c1c(cccc1C(F)(F)F)CC2. The number of alkyl halides is 6. The van der Waals surface area contributed by atoms with Crippen molar-refractivity contribution in [2.24, 2.45) is 0 Å². The number of fused-ring (bicyclic) bond motifs is 3. The zero-order valence-corrected chi connectivity index (χ0v) is 11.1. The van der Waals surface area contributed by atoms with Crippen LogP contribution in [0.1, 0.15) is 22.3 Å². The van der Waals surface area contributed by atoms with Gasteiger partial charge in [-0.15, -0.1) is 0 Å². The van der Waals surface area contributed by atoms with E-state index in [-0.39, 0.29) is 11.1 Å². The first-order valence-corrected chi connectivity index (χ1v) is 6.58. The molecule has 0 N–H and O–H groups in total. The highest BCUT2D eigenvalue weighted by atomic mass is 19.4. The molecular formula is C16H10F6. The lowest BCUT2D eigenvalue weighted by Crippen LogP contribution is -2.17. The van der Waals surface area contributed by atoms with Crippen LogP contribution in [0.3, 0.4) is 0 Å². The van der Waals surface area contributed by atoms with Gasteiger partial charge in [0, 0.05) is 0 Å². The molecule has 0 atom stereocenters. The molecule has 6 heteroatoms. The van der Waals surface area contributed by atoms with Crippen molar-refractivity contribution in [2.45, 2.75) is 25.2 Å². The molecule has 0 saturated heterocycles. The second-order valence-corrected chi connectivity index (χ2v) is 5.17. The molecule has 0 aliphatic heterocycles. The third-order valence-corrected chi connectivity index (χ3v) is 3.83. The topological polar surface area (TPSA) is 0 Å². The summed E-state index contributed by atoms with van der Waals surface area (Å²) in [6.07, 6.45) is -8.79. The number of hydrogen-bond donors (Lipinski definition) is 0. The maximum Gasteiger partial charge on any atom is 0.417 e. The van der Waals surface area contributed by atoms with Crippen molar-refractivity contribution in [3.8, 4) is 11.1 Å². The lowest BCUT2D eigenvalue weighted by Gasteiger charge is -2.26. The van der Waals surface area contributed by atoms with Crippen molar-refractivity contribution in [1.29, 1.82) is 0 Å². The first-order valence-electron chi connectivity index (χ1n) is 6.58. The summed E-state index contributed by atoms with van der Waals surface area (Å²) in [5, 5.41) is 0. The summed E-state index contributed by atoms with van der Waals surface area (Å²) in [6.45, 7) is 0. The van der Waals surface area contributed by atoms with Gasteiger partial charge in [0.05, 0.1) is 11.1 Å². The molecule has 0 aromatic heterocycles. The van der Waals surface area contributed by atoms with E-state index in [4.69, 9.17) is 0 Å². The zero-order chi connectivity index (χ0) is 16.1. The third kappa shape index (κ3) is 2.36. The van der Waals surface area contributed by atoms with Crippen LogP contribution in [0.15, 0.2) is 36.4 Å². The molecule has 0 heterocycles. The van der Waals surface area contributed by atoms with Crippen LogP contribution in [-0.4, -0.2) is 0 Å². The molecular weight excluding hydrogens is 306 g/mol. The summed E-state index contributed by atoms with van der Waals surface area (Å²) < 4.78 is 79.3. The Morgan fingerprint density at radius 1 is 0.591 bits per heavy atom. The molecule has 0 fully saturated rings. The fraction of sp³-hybridized carbons (Fsp3) is 0.250. The molecule has 2 aromatic carbocycles. The highest BCUT2D eigenvalue weighted by molar-refractivity contribution is 5.79. The first kappa shape index (κ1) is 14.9. The van der Waals surface area contributed by atoms with Gasteiger partial charge in [0.2, 0.25) is 0 Å². The Morgan fingerprint density at radius 2 is 0.955 bits per heavy atom. The van der Waals surface area contributed by atoms with Crippen molar-refractivity contribution in [3.05, 3.63) is 58.7 Å². The monoisotopic (exact) mass is 316 g/mol. The summed E-state index contributed by atoms with van der Waals surface area (Å²) in [4.78, 5) is 0. The number of aryl methyl sites for hydroxylation is 2. The number of rotatable bonds is 0. The van der Waals surface area contributed by atoms with Crippen LogP contribution >= 0.6 is 0 Å². The van der Waals surface area contributed by atoms with Crippen LogP contribution in [0, 0.1) is 0 Å². The number of hydrogen-bond acceptors (Lipinski definition) is 0. The highest BCUT2D eigenvalue weighted by Crippen LogP contribution is 2.47. The van der Waals surface area contributed by atoms with E-state index in [0.29, 0.717) is 24.0 Å². The van der Waals surface area contributed by atoms with Gasteiger partial charge < -0.3 is 0 Å². The van der Waals surface area contributed by atoms with E-state index in [1.54, 1.807) is 0 Å². The van der Waals surface area contributed by atoms with Gasteiger partial charge in [0.25, 0.3) is 0 Å². The summed E-state index contributed by atoms with van der Waals surface area (Å²) >= 11 is 0. The Balaban J connectivity index is 2.38. The molecule has 1 aliphatic rings. The van der Waals surface area contributed by atoms with Crippen LogP contribution in [-0.2, 0) is 25.2 Å². The highest BCUT2D eigenvalue weighted by Gasteiger charge is 2.40. The molecule has 3 rings (SSSR count). The molecule has 2 aromatic rings. The minimum atomic E-state index is -4.70. The van der Waals surface area contributed by atoms with E-state index in [0.717, 1.165) is 12.1 Å². The number of halogens is 6. The zero-order valence-electron chi connectivity index (χ0n) is 11.1. The minimum Gasteiger partial charge on any atom is -0.166 e. The standard InChI is InChI=1S/C16H10F6/c17-15(18,19)11-5-1-3-9-7-8-10-4-2-6-12(16(20,21)22)14(10)13(9)11/h1-6H,7-8H2. The summed E-state index contributed by atoms with van der Waals surface area (Å²) in [6, 6.07) is 7.06. The fourth-order valence-electron chi connectivity index (χ4n) is 2.95. The average Bonchev–Trinajstić information content (AvgIpc) is 2.43. The van der Waals surface area contributed by atoms with Gasteiger partial charge in [-0.2, -0.15) is 26.3 Å². The largest absolute Gasteiger partial charge is 0.417 e. The van der Waals surface area contributed by atoms with Crippen molar-refractivity contribution in [2.75, 3.05) is 0 Å². The normalized spacial score (nSPS) is 14.5. The molecule has 0 amide bonds. The smallest absolute Gasteiger partial charge is 0.166 e. The second-order valence-electron chi connectivity index (χ2n) is 5.17. The van der Waals surface area contributed by atoms with Crippen LogP contribution in [0.4, 0.5) is 26.3 Å². The van der Waals surface area contributed by atoms with Crippen molar-refractivity contribution >= 4 is 0 Å². The van der Waals surface area contributed by atoms with Crippen molar-refractivity contribution in [1.82, 2.24) is 0 Å². The van der Waals surface area contributed by atoms with Crippen molar-refractivity contribution < 1.29 is 26.3 Å². The Morgan fingerprint density at radius 3 is 1.27 bits per heavy atom. The van der Waals surface area contributed by atoms with Crippen LogP contribution in [0.25, 0.3) is 11.1 Å². The summed E-state index contributed by atoms with van der Waals surface area (Å²) in [5.41, 5.74) is -2.07. The van der Waals surface area contributed by atoms with Gasteiger partial charge in [0.15, 0.2) is 0 Å². The fourth-order valence-corrected chi connectivity index (χ4v) is 2.95. The van der Waals surface area contributed by atoms with Crippen LogP contribution in [0.2, 0.25) is 0 Å². The summed E-state index contributed by atoms with van der Waals surface area (Å²) in [7, 11) is 0. The maximum atomic E-state index is 13.2. The van der Waals surface area contributed by atoms with Gasteiger partial charge in [-0.1, -0.05) is 24.3 Å². The van der Waals surface area contributed by atoms with Crippen LogP contribution < -0.4 is 0 Å². The van der Waals surface area contributed by atoms with E-state index in [1.807, 2.05) is 0 Å². The van der Waals surface area contributed by atoms with E-state index in [2.05, 4.69) is 0 Å². The molecule has 0 radical (unpaired) electrons. The van der Waals surface area contributed by atoms with Gasteiger partial charge in [-0.25, -0.2) is 0 Å². The predicted octanol–water partition coefficient (Wildman–Crippen LogP) is 5.49. The number of benzene rings is 2. The van der Waals surface area contributed by atoms with E-state index < -0.39 is 23.5 Å². The van der Waals surface area contributed by atoms with Gasteiger partial charge >= 0.3 is 12.4 Å². The molecule has 1 aliphatic carbocycles. The van der Waals surface area contributed by atoms with E-state index in [9.17, 15) is 26.3 Å². The molecule has 22 heavy (non-hydrogen) atoms. The Labute approximate surface area is 122 Å². The molecule has 0 saturated carbocycles.